The fourth-order valence-electron chi connectivity index (χ4n) is 4.51. The average molecular weight is 485 g/mol. The van der Waals surface area contributed by atoms with Crippen LogP contribution in [-0.4, -0.2) is 62.9 Å². The Kier molecular flexibility index (Phi) is 15.0. The summed E-state index contributed by atoms with van der Waals surface area (Å²) in [5.41, 5.74) is 0. The highest BCUT2D eigenvalue weighted by Crippen LogP contribution is 2.21. The van der Waals surface area contributed by atoms with Crippen molar-refractivity contribution in [3.05, 3.63) is 0 Å². The number of rotatable bonds is 15. The van der Waals surface area contributed by atoms with Crippen LogP contribution in [0.3, 0.4) is 0 Å². The summed E-state index contributed by atoms with van der Waals surface area (Å²) in [6.07, 6.45) is 15.1. The first-order valence-corrected chi connectivity index (χ1v) is 13.6. The molecule has 2 aliphatic carbocycles. The van der Waals surface area contributed by atoms with Crippen LogP contribution in [0.2, 0.25) is 0 Å². The summed E-state index contributed by atoms with van der Waals surface area (Å²) in [4.78, 5) is 23.8. The minimum absolute atomic E-state index is 0.241. The van der Waals surface area contributed by atoms with Crippen molar-refractivity contribution in [2.24, 2.45) is 0 Å². The molecule has 0 aromatic carbocycles. The molecule has 0 spiro atoms. The highest BCUT2D eigenvalue weighted by Gasteiger charge is 2.17. The van der Waals surface area contributed by atoms with E-state index in [0.29, 0.717) is 38.5 Å². The van der Waals surface area contributed by atoms with Crippen molar-refractivity contribution in [3.8, 4) is 0 Å². The fourth-order valence-corrected chi connectivity index (χ4v) is 4.51. The average Bonchev–Trinajstić information content (AvgIpc) is 2.84. The molecule has 8 heteroatoms. The van der Waals surface area contributed by atoms with Gasteiger partial charge >= 0.3 is 12.2 Å². The minimum atomic E-state index is -0.384. The summed E-state index contributed by atoms with van der Waals surface area (Å²) in [6, 6.07) is 0. The third-order valence-electron chi connectivity index (χ3n) is 6.50. The van der Waals surface area contributed by atoms with Crippen LogP contribution in [0, 0.1) is 0 Å². The van der Waals surface area contributed by atoms with Crippen molar-refractivity contribution in [3.63, 3.8) is 0 Å². The van der Waals surface area contributed by atoms with E-state index in [2.05, 4.69) is 10.6 Å². The topological polar surface area (TPSA) is 95.1 Å². The van der Waals surface area contributed by atoms with Gasteiger partial charge in [0.2, 0.25) is 0 Å². The predicted molar refractivity (Wildman–Crippen MR) is 132 cm³/mol. The number of ether oxygens (including phenoxy) is 4. The number of nitrogens with one attached hydrogen (secondary N) is 2. The van der Waals surface area contributed by atoms with Gasteiger partial charge in [-0.05, 0) is 52.4 Å². The second-order valence-corrected chi connectivity index (χ2v) is 9.89. The van der Waals surface area contributed by atoms with Crippen molar-refractivity contribution in [2.45, 2.75) is 128 Å². The Morgan fingerprint density at radius 2 is 1.03 bits per heavy atom. The molecule has 2 amide bonds. The summed E-state index contributed by atoms with van der Waals surface area (Å²) in [5.74, 6) is 0. The minimum Gasteiger partial charge on any atom is -0.444 e. The summed E-state index contributed by atoms with van der Waals surface area (Å²) >= 11 is 0. The van der Waals surface area contributed by atoms with Crippen LogP contribution in [0.25, 0.3) is 0 Å². The Bertz CT molecular complexity index is 501. The molecule has 2 N–H and O–H groups in total. The zero-order chi connectivity index (χ0) is 24.4. The third kappa shape index (κ3) is 14.0. The SMILES string of the molecule is CC(COC1CCCCC1)OC(=O)NCCCCCCNC(=O)OC(C)COC1CCCCC1. The third-order valence-corrected chi connectivity index (χ3v) is 6.50. The Morgan fingerprint density at radius 1 is 0.647 bits per heavy atom. The Hall–Kier alpha value is -1.54. The van der Waals surface area contributed by atoms with E-state index in [1.54, 1.807) is 0 Å². The van der Waals surface area contributed by atoms with Gasteiger partial charge in [0.15, 0.2) is 0 Å². The van der Waals surface area contributed by atoms with E-state index in [0.717, 1.165) is 51.4 Å². The zero-order valence-corrected chi connectivity index (χ0v) is 21.5. The molecule has 0 aromatic rings. The molecule has 0 radical (unpaired) electrons. The second kappa shape index (κ2) is 17.8. The molecule has 2 atom stereocenters. The normalized spacial score (nSPS) is 19.2. The van der Waals surface area contributed by atoms with Gasteiger partial charge in [-0.1, -0.05) is 51.4 Å². The van der Waals surface area contributed by atoms with Gasteiger partial charge in [-0.25, -0.2) is 9.59 Å². The van der Waals surface area contributed by atoms with E-state index in [9.17, 15) is 9.59 Å². The number of alkyl carbamates (subject to hydrolysis) is 2. The van der Waals surface area contributed by atoms with Crippen molar-refractivity contribution in [1.29, 1.82) is 0 Å². The molecule has 2 fully saturated rings. The Balaban J connectivity index is 1.36. The quantitative estimate of drug-likeness (QED) is 0.299. The second-order valence-electron chi connectivity index (χ2n) is 9.89. The lowest BCUT2D eigenvalue weighted by Crippen LogP contribution is -2.32. The fraction of sp³-hybridized carbons (Fsp3) is 0.923. The first-order valence-electron chi connectivity index (χ1n) is 13.6. The van der Waals surface area contributed by atoms with Gasteiger partial charge in [-0.15, -0.1) is 0 Å². The lowest BCUT2D eigenvalue weighted by molar-refractivity contribution is -0.0239. The molecule has 2 aliphatic rings. The van der Waals surface area contributed by atoms with Gasteiger partial charge in [-0.2, -0.15) is 0 Å². The lowest BCUT2D eigenvalue weighted by Gasteiger charge is -2.23. The van der Waals surface area contributed by atoms with Crippen LogP contribution in [0.1, 0.15) is 104 Å². The highest BCUT2D eigenvalue weighted by molar-refractivity contribution is 5.67. The van der Waals surface area contributed by atoms with Gasteiger partial charge in [-0.3, -0.25) is 0 Å². The Labute approximate surface area is 206 Å². The van der Waals surface area contributed by atoms with Crippen molar-refractivity contribution < 1.29 is 28.5 Å². The largest absolute Gasteiger partial charge is 0.444 e. The van der Waals surface area contributed by atoms with E-state index >= 15 is 0 Å². The predicted octanol–water partition coefficient (Wildman–Crippen LogP) is 5.47. The number of unbranched alkanes of at least 4 members (excludes halogenated alkanes) is 3. The summed E-state index contributed by atoms with van der Waals surface area (Å²) < 4.78 is 22.4. The molecule has 0 aromatic heterocycles. The van der Waals surface area contributed by atoms with Gasteiger partial charge in [0.05, 0.1) is 25.4 Å². The maximum atomic E-state index is 11.9. The molecule has 34 heavy (non-hydrogen) atoms. The number of amides is 2. The van der Waals surface area contributed by atoms with Crippen LogP contribution in [0.5, 0.6) is 0 Å². The van der Waals surface area contributed by atoms with Gasteiger partial charge in [0, 0.05) is 13.1 Å². The van der Waals surface area contributed by atoms with E-state index in [1.165, 1.54) is 38.5 Å². The van der Waals surface area contributed by atoms with Crippen LogP contribution in [0.15, 0.2) is 0 Å². The molecule has 2 rings (SSSR count). The van der Waals surface area contributed by atoms with Crippen LogP contribution in [0.4, 0.5) is 9.59 Å². The maximum absolute atomic E-state index is 11.9. The first-order chi connectivity index (χ1) is 16.5. The molecule has 0 heterocycles. The van der Waals surface area contributed by atoms with Crippen molar-refractivity contribution in [1.82, 2.24) is 10.6 Å². The van der Waals surface area contributed by atoms with Gasteiger partial charge in [0.1, 0.15) is 12.2 Å². The molecule has 2 unspecified atom stereocenters. The van der Waals surface area contributed by atoms with Crippen LogP contribution < -0.4 is 10.6 Å². The number of hydrogen-bond donors (Lipinski definition) is 2. The Morgan fingerprint density at radius 3 is 1.41 bits per heavy atom. The van der Waals surface area contributed by atoms with Crippen LogP contribution in [-0.2, 0) is 18.9 Å². The summed E-state index contributed by atoms with van der Waals surface area (Å²) in [7, 11) is 0. The molecule has 0 bridgehead atoms. The number of hydrogen-bond acceptors (Lipinski definition) is 6. The van der Waals surface area contributed by atoms with Gasteiger partial charge in [0.25, 0.3) is 0 Å². The lowest BCUT2D eigenvalue weighted by atomic mass is 9.98. The van der Waals surface area contributed by atoms with Gasteiger partial charge < -0.3 is 29.6 Å². The monoisotopic (exact) mass is 484 g/mol. The van der Waals surface area contributed by atoms with E-state index in [1.807, 2.05) is 13.8 Å². The zero-order valence-electron chi connectivity index (χ0n) is 21.5. The molecule has 198 valence electrons. The highest BCUT2D eigenvalue weighted by atomic mass is 16.6. The molecular weight excluding hydrogens is 436 g/mol. The van der Waals surface area contributed by atoms with Crippen molar-refractivity contribution >= 4 is 12.2 Å². The van der Waals surface area contributed by atoms with E-state index in [-0.39, 0.29) is 24.4 Å². The van der Waals surface area contributed by atoms with Crippen LogP contribution >= 0.6 is 0 Å². The summed E-state index contributed by atoms with van der Waals surface area (Å²) in [5, 5.41) is 5.60. The standard InChI is InChI=1S/C26H48N2O6/c1-21(19-31-23-13-7-5-8-14-23)33-25(29)27-17-11-3-4-12-18-28-26(30)34-22(2)20-32-24-15-9-6-10-16-24/h21-24H,3-20H2,1-2H3,(H,27,29)(H,28,30). The van der Waals surface area contributed by atoms with Crippen molar-refractivity contribution in [2.75, 3.05) is 26.3 Å². The molecular formula is C26H48N2O6. The summed E-state index contributed by atoms with van der Waals surface area (Å²) in [6.45, 7) is 5.82. The van der Waals surface area contributed by atoms with E-state index < -0.39 is 0 Å². The maximum Gasteiger partial charge on any atom is 0.407 e. The number of carbonyl (C=O) groups excluding carboxylic acids is 2. The number of carbonyl (C=O) groups is 2. The molecule has 2 saturated carbocycles. The molecule has 8 nitrogen and oxygen atoms in total. The molecule has 0 aliphatic heterocycles. The molecule has 0 saturated heterocycles. The first kappa shape index (κ1) is 28.7. The van der Waals surface area contributed by atoms with E-state index in [4.69, 9.17) is 18.9 Å². The smallest absolute Gasteiger partial charge is 0.407 e.